The normalized spacial score (nSPS) is 18.7. The molecule has 3 heterocycles. The van der Waals surface area contributed by atoms with E-state index in [0.717, 1.165) is 38.5 Å². The van der Waals surface area contributed by atoms with Gasteiger partial charge < -0.3 is 19.5 Å². The number of carbonyl (C=O) groups excluding carboxylic acids is 3. The first-order chi connectivity index (χ1) is 26.4. The summed E-state index contributed by atoms with van der Waals surface area (Å²) in [7, 11) is 0. The van der Waals surface area contributed by atoms with Gasteiger partial charge in [-0.1, -0.05) is 171 Å². The van der Waals surface area contributed by atoms with Gasteiger partial charge in [-0.15, -0.1) is 0 Å². The van der Waals surface area contributed by atoms with E-state index >= 15 is 0 Å². The van der Waals surface area contributed by atoms with Gasteiger partial charge in [-0.2, -0.15) is 0 Å². The minimum atomic E-state index is -0.330. The number of hydrogen-bond donors (Lipinski definition) is 1. The molecule has 54 heavy (non-hydrogen) atoms. The Bertz CT molecular complexity index is 1870. The topological polar surface area (TPSA) is 97.4 Å². The van der Waals surface area contributed by atoms with Gasteiger partial charge in [0.2, 0.25) is 0 Å². The largest absolute Gasteiger partial charge is 0.447 e. The van der Waals surface area contributed by atoms with E-state index in [1.807, 2.05) is 115 Å². The fraction of sp³-hybridized carbons (Fsp3) is 0.233. The number of nitrogens with one attached hydrogen (secondary N) is 1. The molecule has 3 aliphatic rings. The summed E-state index contributed by atoms with van der Waals surface area (Å²) in [5.41, 5.74) is 7.87. The van der Waals surface area contributed by atoms with Crippen LogP contribution in [0.5, 0.6) is 0 Å². The average molecular weight is 856 g/mol. The van der Waals surface area contributed by atoms with Crippen LogP contribution in [0.25, 0.3) is 0 Å². The molecule has 278 valence electrons. The van der Waals surface area contributed by atoms with E-state index in [9.17, 15) is 14.4 Å². The number of alkyl carbamates (subject to hydrolysis) is 1. The van der Waals surface area contributed by atoms with Gasteiger partial charge in [0.15, 0.2) is 0 Å². The SMILES string of the molecule is BrCc1ccccc1CBr.O=C1N[C@@H](c2ccccc2)CO1.O=C1OC[C@H](c2ccccc2)N1Cc1ccccc1CN1C(=O)OC[C@@H]1c1ccccc1. The van der Waals surface area contributed by atoms with E-state index in [-0.39, 0.29) is 36.4 Å². The molecule has 1 N–H and O–H groups in total. The van der Waals surface area contributed by atoms with E-state index < -0.39 is 0 Å². The van der Waals surface area contributed by atoms with E-state index in [1.54, 1.807) is 9.80 Å². The van der Waals surface area contributed by atoms with Crippen molar-refractivity contribution in [2.75, 3.05) is 19.8 Å². The summed E-state index contributed by atoms with van der Waals surface area (Å²) >= 11 is 6.86. The summed E-state index contributed by atoms with van der Waals surface area (Å²) in [5, 5.41) is 4.59. The van der Waals surface area contributed by atoms with E-state index in [1.165, 1.54) is 11.1 Å². The molecule has 0 spiro atoms. The van der Waals surface area contributed by atoms with Crippen molar-refractivity contribution in [2.24, 2.45) is 0 Å². The van der Waals surface area contributed by atoms with Crippen molar-refractivity contribution in [1.82, 2.24) is 15.1 Å². The van der Waals surface area contributed by atoms with Gasteiger partial charge in [0.25, 0.3) is 0 Å². The van der Waals surface area contributed by atoms with E-state index in [2.05, 4.69) is 61.4 Å². The molecule has 3 amide bonds. The van der Waals surface area contributed by atoms with Crippen molar-refractivity contribution >= 4 is 50.1 Å². The van der Waals surface area contributed by atoms with Crippen molar-refractivity contribution in [3.8, 4) is 0 Å². The fourth-order valence-corrected chi connectivity index (χ4v) is 7.55. The Morgan fingerprint density at radius 2 is 0.852 bits per heavy atom. The molecule has 0 aliphatic carbocycles. The highest BCUT2D eigenvalue weighted by molar-refractivity contribution is 9.09. The van der Waals surface area contributed by atoms with Crippen LogP contribution in [0, 0.1) is 0 Å². The van der Waals surface area contributed by atoms with Crippen LogP contribution < -0.4 is 5.32 Å². The van der Waals surface area contributed by atoms with Crippen LogP contribution in [0.3, 0.4) is 0 Å². The molecule has 0 saturated carbocycles. The quantitative estimate of drug-likeness (QED) is 0.117. The number of halogens is 2. The predicted molar refractivity (Wildman–Crippen MR) is 214 cm³/mol. The lowest BCUT2D eigenvalue weighted by atomic mass is 10.0. The van der Waals surface area contributed by atoms with Crippen molar-refractivity contribution < 1.29 is 28.6 Å². The number of hydrogen-bond acceptors (Lipinski definition) is 6. The number of nitrogens with zero attached hydrogens (tertiary/aromatic N) is 2. The number of benzene rings is 5. The monoisotopic (exact) mass is 853 g/mol. The van der Waals surface area contributed by atoms with Gasteiger partial charge in [0.05, 0.1) is 31.2 Å². The first-order valence-electron chi connectivity index (χ1n) is 17.7. The Labute approximate surface area is 332 Å². The Hall–Kier alpha value is -5.13. The molecule has 3 saturated heterocycles. The number of rotatable bonds is 9. The Morgan fingerprint density at radius 1 is 0.481 bits per heavy atom. The van der Waals surface area contributed by atoms with Gasteiger partial charge in [0, 0.05) is 10.7 Å². The molecule has 0 unspecified atom stereocenters. The lowest BCUT2D eigenvalue weighted by Gasteiger charge is -2.26. The summed E-state index contributed by atoms with van der Waals surface area (Å²) in [6.07, 6.45) is -0.975. The summed E-state index contributed by atoms with van der Waals surface area (Å²) < 4.78 is 15.5. The minimum Gasteiger partial charge on any atom is -0.447 e. The molecule has 3 aliphatic heterocycles. The van der Waals surface area contributed by atoms with Gasteiger partial charge in [-0.3, -0.25) is 9.80 Å². The van der Waals surface area contributed by atoms with Crippen molar-refractivity contribution in [2.45, 2.75) is 41.9 Å². The zero-order valence-electron chi connectivity index (χ0n) is 29.6. The highest BCUT2D eigenvalue weighted by Crippen LogP contribution is 2.33. The van der Waals surface area contributed by atoms with Gasteiger partial charge in [0.1, 0.15) is 19.8 Å². The minimum absolute atomic E-state index is 0.0266. The highest BCUT2D eigenvalue weighted by Gasteiger charge is 2.36. The van der Waals surface area contributed by atoms with Crippen molar-refractivity contribution in [3.63, 3.8) is 0 Å². The molecule has 3 atom stereocenters. The van der Waals surface area contributed by atoms with Crippen molar-refractivity contribution in [1.29, 1.82) is 0 Å². The Morgan fingerprint density at radius 3 is 1.22 bits per heavy atom. The average Bonchev–Trinajstić information content (AvgIpc) is 3.94. The predicted octanol–water partition coefficient (Wildman–Crippen LogP) is 10.0. The van der Waals surface area contributed by atoms with E-state index in [4.69, 9.17) is 14.2 Å². The van der Waals surface area contributed by atoms with Crippen LogP contribution in [0.1, 0.15) is 57.1 Å². The maximum atomic E-state index is 12.5. The number of ether oxygens (including phenoxy) is 3. The van der Waals surface area contributed by atoms with Crippen molar-refractivity contribution in [3.05, 3.63) is 178 Å². The summed E-state index contributed by atoms with van der Waals surface area (Å²) in [5.74, 6) is 0. The molecule has 5 aromatic carbocycles. The lowest BCUT2D eigenvalue weighted by molar-refractivity contribution is 0.153. The third kappa shape index (κ3) is 9.89. The molecule has 8 rings (SSSR count). The maximum absolute atomic E-state index is 12.5. The van der Waals surface area contributed by atoms with Crippen LogP contribution >= 0.6 is 31.9 Å². The highest BCUT2D eigenvalue weighted by atomic mass is 79.9. The van der Waals surface area contributed by atoms with Gasteiger partial charge >= 0.3 is 18.3 Å². The van der Waals surface area contributed by atoms with Gasteiger partial charge in [-0.25, -0.2) is 14.4 Å². The second-order valence-electron chi connectivity index (χ2n) is 12.8. The molecular formula is C43H41Br2N3O6. The first kappa shape index (κ1) is 38.6. The molecule has 0 aromatic heterocycles. The summed E-state index contributed by atoms with van der Waals surface area (Å²) in [6, 6.07) is 45.6. The van der Waals surface area contributed by atoms with Crippen LogP contribution in [-0.2, 0) is 38.0 Å². The molecule has 11 heteroatoms. The number of alkyl halides is 2. The summed E-state index contributed by atoms with van der Waals surface area (Å²) in [6.45, 7) is 1.92. The Kier molecular flexibility index (Phi) is 13.8. The molecule has 0 radical (unpaired) electrons. The smallest absolute Gasteiger partial charge is 0.410 e. The molecule has 3 fully saturated rings. The number of carbonyl (C=O) groups is 3. The Balaban J connectivity index is 0.000000183. The standard InChI is InChI=1S/C26H24N2O4.C9H9NO2.C8H8Br2/c29-25-27(23(17-31-25)19-9-3-1-4-10-19)15-21-13-7-8-14-22(21)16-28-24(18-32-26(28)30)20-11-5-2-6-12-20;11-9-10-8(6-12-9)7-4-2-1-3-5-7;9-5-7-3-1-2-4-8(7)6-10/h1-14,23-24H,15-18H2;1-5,8H,6H2,(H,10,11);1-4H,5-6H2/t23-,24-;8-;/m11./s1. The third-order valence-corrected chi connectivity index (χ3v) is 10.6. The fourth-order valence-electron chi connectivity index (χ4n) is 6.45. The second kappa shape index (κ2) is 19.3. The maximum Gasteiger partial charge on any atom is 0.410 e. The number of amides is 3. The molecule has 5 aromatic rings. The molecular weight excluding hydrogens is 814 g/mol. The van der Waals surface area contributed by atoms with E-state index in [0.29, 0.717) is 32.9 Å². The molecule has 9 nitrogen and oxygen atoms in total. The zero-order chi connectivity index (χ0) is 37.7. The van der Waals surface area contributed by atoms with Crippen LogP contribution in [0.4, 0.5) is 14.4 Å². The van der Waals surface area contributed by atoms with Crippen LogP contribution in [0.2, 0.25) is 0 Å². The molecule has 0 bridgehead atoms. The first-order valence-corrected chi connectivity index (χ1v) is 19.9. The van der Waals surface area contributed by atoms with Crippen LogP contribution in [-0.4, -0.2) is 47.9 Å². The number of cyclic esters (lactones) is 3. The summed E-state index contributed by atoms with van der Waals surface area (Å²) in [4.78, 5) is 39.3. The third-order valence-electron chi connectivity index (χ3n) is 9.40. The lowest BCUT2D eigenvalue weighted by Crippen LogP contribution is -2.30. The zero-order valence-corrected chi connectivity index (χ0v) is 32.7. The second-order valence-corrected chi connectivity index (χ2v) is 13.9. The van der Waals surface area contributed by atoms with Gasteiger partial charge in [-0.05, 0) is 38.9 Å². The van der Waals surface area contributed by atoms with Crippen LogP contribution in [0.15, 0.2) is 140 Å².